The van der Waals surface area contributed by atoms with Gasteiger partial charge in [0, 0.05) is 23.3 Å². The standard InChI is InChI=1S/C19H21FO2S/c20-16-9-11-18(12-10-16)23-13-5-1-2-7-17(21)14-15-6-3-4-8-19(15)22/h3-4,6,8-12,22H,1-2,5,7,13-14H2. The van der Waals surface area contributed by atoms with E-state index in [0.717, 1.165) is 29.9 Å². The van der Waals surface area contributed by atoms with Gasteiger partial charge in [-0.25, -0.2) is 4.39 Å². The van der Waals surface area contributed by atoms with Gasteiger partial charge in [0.05, 0.1) is 0 Å². The molecule has 0 atom stereocenters. The Labute approximate surface area is 140 Å². The molecule has 0 heterocycles. The van der Waals surface area contributed by atoms with Gasteiger partial charge in [-0.05, 0) is 48.9 Å². The maximum atomic E-state index is 12.8. The Kier molecular flexibility index (Phi) is 7.14. The van der Waals surface area contributed by atoms with Crippen LogP contribution in [0.1, 0.15) is 31.2 Å². The van der Waals surface area contributed by atoms with Crippen LogP contribution >= 0.6 is 11.8 Å². The molecule has 0 bridgehead atoms. The number of ketones is 1. The Balaban J connectivity index is 1.57. The SMILES string of the molecule is O=C(CCCCCSc1ccc(F)cc1)Cc1ccccc1O. The summed E-state index contributed by atoms with van der Waals surface area (Å²) < 4.78 is 12.8. The molecule has 0 aromatic heterocycles. The van der Waals surface area contributed by atoms with Crippen LogP contribution in [0, 0.1) is 5.82 Å². The normalized spacial score (nSPS) is 10.7. The first kappa shape index (κ1) is 17.5. The third kappa shape index (κ3) is 6.45. The largest absolute Gasteiger partial charge is 0.508 e. The lowest BCUT2D eigenvalue weighted by molar-refractivity contribution is -0.118. The molecule has 2 aromatic carbocycles. The Morgan fingerprint density at radius 1 is 1.00 bits per heavy atom. The molecule has 1 N–H and O–H groups in total. The molecule has 0 aliphatic carbocycles. The van der Waals surface area contributed by atoms with Gasteiger partial charge in [-0.3, -0.25) is 4.79 Å². The van der Waals surface area contributed by atoms with Gasteiger partial charge >= 0.3 is 0 Å². The Morgan fingerprint density at radius 3 is 2.48 bits per heavy atom. The summed E-state index contributed by atoms with van der Waals surface area (Å²) in [6.45, 7) is 0. The Morgan fingerprint density at radius 2 is 1.74 bits per heavy atom. The fraction of sp³-hybridized carbons (Fsp3) is 0.316. The molecule has 0 saturated heterocycles. The summed E-state index contributed by atoms with van der Waals surface area (Å²) >= 11 is 1.71. The fourth-order valence-electron chi connectivity index (χ4n) is 2.28. The molecule has 0 spiro atoms. The summed E-state index contributed by atoms with van der Waals surface area (Å²) in [6.07, 6.45) is 3.76. The summed E-state index contributed by atoms with van der Waals surface area (Å²) in [4.78, 5) is 13.0. The highest BCUT2D eigenvalue weighted by Crippen LogP contribution is 2.20. The molecule has 0 unspecified atom stereocenters. The molecule has 4 heteroatoms. The molecule has 2 rings (SSSR count). The predicted molar refractivity (Wildman–Crippen MR) is 92.4 cm³/mol. The van der Waals surface area contributed by atoms with E-state index in [1.807, 2.05) is 6.07 Å². The minimum absolute atomic E-state index is 0.165. The number of unbranched alkanes of at least 4 members (excludes halogenated alkanes) is 2. The first-order chi connectivity index (χ1) is 11.1. The fourth-order valence-corrected chi connectivity index (χ4v) is 3.20. The maximum absolute atomic E-state index is 12.8. The van der Waals surface area contributed by atoms with Crippen LogP contribution in [-0.2, 0) is 11.2 Å². The van der Waals surface area contributed by atoms with Crippen LogP contribution in [0.2, 0.25) is 0 Å². The number of para-hydroxylation sites is 1. The first-order valence-corrected chi connectivity index (χ1v) is 8.80. The van der Waals surface area contributed by atoms with Crippen LogP contribution in [-0.4, -0.2) is 16.6 Å². The molecule has 0 radical (unpaired) electrons. The first-order valence-electron chi connectivity index (χ1n) is 7.82. The molecule has 23 heavy (non-hydrogen) atoms. The van der Waals surface area contributed by atoms with Crippen molar-refractivity contribution in [3.05, 3.63) is 59.9 Å². The molecular weight excluding hydrogens is 311 g/mol. The van der Waals surface area contributed by atoms with Gasteiger partial charge < -0.3 is 5.11 Å². The van der Waals surface area contributed by atoms with E-state index in [1.54, 1.807) is 42.1 Å². The summed E-state index contributed by atoms with van der Waals surface area (Å²) in [7, 11) is 0. The number of Topliss-reactive ketones (excluding diaryl/α,β-unsaturated/α-hetero) is 1. The number of phenols is 1. The lowest BCUT2D eigenvalue weighted by Gasteiger charge is -2.04. The zero-order chi connectivity index (χ0) is 16.5. The summed E-state index contributed by atoms with van der Waals surface area (Å²) in [6, 6.07) is 13.5. The van der Waals surface area contributed by atoms with Crippen LogP contribution in [0.3, 0.4) is 0 Å². The third-order valence-corrected chi connectivity index (χ3v) is 4.66. The van der Waals surface area contributed by atoms with Crippen molar-refractivity contribution in [3.8, 4) is 5.75 Å². The number of thioether (sulfide) groups is 1. The Hall–Kier alpha value is -1.81. The number of rotatable bonds is 9. The number of halogens is 1. The number of carbonyl (C=O) groups is 1. The Bertz CT molecular complexity index is 626. The lowest BCUT2D eigenvalue weighted by atomic mass is 10.0. The molecular formula is C19H21FO2S. The van der Waals surface area contributed by atoms with Crippen molar-refractivity contribution in [1.82, 2.24) is 0 Å². The number of hydrogen-bond acceptors (Lipinski definition) is 3. The van der Waals surface area contributed by atoms with Crippen LogP contribution in [0.25, 0.3) is 0 Å². The van der Waals surface area contributed by atoms with Crippen molar-refractivity contribution >= 4 is 17.5 Å². The number of benzene rings is 2. The molecule has 122 valence electrons. The third-order valence-electron chi connectivity index (χ3n) is 3.56. The van der Waals surface area contributed by atoms with Crippen molar-refractivity contribution in [3.63, 3.8) is 0 Å². The second-order valence-corrected chi connectivity index (χ2v) is 6.63. The zero-order valence-electron chi connectivity index (χ0n) is 13.0. The van der Waals surface area contributed by atoms with E-state index in [-0.39, 0.29) is 17.3 Å². The van der Waals surface area contributed by atoms with Crippen molar-refractivity contribution in [2.24, 2.45) is 0 Å². The molecule has 2 nitrogen and oxygen atoms in total. The highest BCUT2D eigenvalue weighted by molar-refractivity contribution is 7.99. The van der Waals surface area contributed by atoms with Crippen molar-refractivity contribution in [2.45, 2.75) is 37.0 Å². The topological polar surface area (TPSA) is 37.3 Å². The zero-order valence-corrected chi connectivity index (χ0v) is 13.8. The van der Waals surface area contributed by atoms with Gasteiger partial charge in [0.1, 0.15) is 17.3 Å². The van der Waals surface area contributed by atoms with E-state index in [0.29, 0.717) is 18.4 Å². The van der Waals surface area contributed by atoms with E-state index in [4.69, 9.17) is 0 Å². The van der Waals surface area contributed by atoms with Gasteiger partial charge in [0.25, 0.3) is 0 Å². The second-order valence-electron chi connectivity index (χ2n) is 5.46. The minimum atomic E-state index is -0.211. The number of phenolic OH excluding ortho intramolecular Hbond substituents is 1. The second kappa shape index (κ2) is 9.36. The van der Waals surface area contributed by atoms with Gasteiger partial charge in [-0.2, -0.15) is 0 Å². The van der Waals surface area contributed by atoms with Crippen molar-refractivity contribution in [1.29, 1.82) is 0 Å². The average Bonchev–Trinajstić information content (AvgIpc) is 2.54. The smallest absolute Gasteiger partial charge is 0.137 e. The van der Waals surface area contributed by atoms with Gasteiger partial charge in [0.2, 0.25) is 0 Å². The van der Waals surface area contributed by atoms with Crippen LogP contribution in [0.4, 0.5) is 4.39 Å². The molecule has 0 saturated carbocycles. The molecule has 0 fully saturated rings. The molecule has 0 amide bonds. The summed E-state index contributed by atoms with van der Waals surface area (Å²) in [5, 5.41) is 9.65. The van der Waals surface area contributed by atoms with Gasteiger partial charge in [-0.15, -0.1) is 11.8 Å². The average molecular weight is 332 g/mol. The predicted octanol–water partition coefficient (Wildman–Crippen LogP) is 5.00. The van der Waals surface area contributed by atoms with Crippen LogP contribution in [0.5, 0.6) is 5.75 Å². The van der Waals surface area contributed by atoms with Crippen molar-refractivity contribution in [2.75, 3.05) is 5.75 Å². The number of carbonyl (C=O) groups excluding carboxylic acids is 1. The highest BCUT2D eigenvalue weighted by Gasteiger charge is 2.07. The summed E-state index contributed by atoms with van der Waals surface area (Å²) in [5.41, 5.74) is 0.698. The van der Waals surface area contributed by atoms with Gasteiger partial charge in [0.15, 0.2) is 0 Å². The molecule has 0 aliphatic rings. The quantitative estimate of drug-likeness (QED) is 0.519. The van der Waals surface area contributed by atoms with Crippen molar-refractivity contribution < 1.29 is 14.3 Å². The van der Waals surface area contributed by atoms with Gasteiger partial charge in [-0.1, -0.05) is 24.6 Å². The minimum Gasteiger partial charge on any atom is -0.508 e. The van der Waals surface area contributed by atoms with E-state index in [1.165, 1.54) is 12.1 Å². The molecule has 2 aromatic rings. The number of aromatic hydroxyl groups is 1. The van der Waals surface area contributed by atoms with Crippen LogP contribution < -0.4 is 0 Å². The van der Waals surface area contributed by atoms with Crippen LogP contribution in [0.15, 0.2) is 53.4 Å². The number of hydrogen-bond donors (Lipinski definition) is 1. The monoisotopic (exact) mass is 332 g/mol. The summed E-state index contributed by atoms with van der Waals surface area (Å²) in [5.74, 6) is 1.12. The highest BCUT2D eigenvalue weighted by atomic mass is 32.2. The van der Waals surface area contributed by atoms with E-state index in [9.17, 15) is 14.3 Å². The van der Waals surface area contributed by atoms with E-state index in [2.05, 4.69) is 0 Å². The van der Waals surface area contributed by atoms with E-state index >= 15 is 0 Å². The maximum Gasteiger partial charge on any atom is 0.137 e. The lowest BCUT2D eigenvalue weighted by Crippen LogP contribution is -2.02. The van der Waals surface area contributed by atoms with E-state index < -0.39 is 0 Å². The molecule has 0 aliphatic heterocycles.